The molecule has 1 heterocycles. The highest BCUT2D eigenvalue weighted by Gasteiger charge is 2.27. The lowest BCUT2D eigenvalue weighted by Gasteiger charge is -2.16. The van der Waals surface area contributed by atoms with E-state index in [2.05, 4.69) is 4.72 Å². The van der Waals surface area contributed by atoms with Crippen LogP contribution in [0.1, 0.15) is 24.0 Å². The van der Waals surface area contributed by atoms with Crippen molar-refractivity contribution in [1.29, 1.82) is 0 Å². The van der Waals surface area contributed by atoms with Gasteiger partial charge in [-0.1, -0.05) is 23.8 Å². The van der Waals surface area contributed by atoms with E-state index in [4.69, 9.17) is 0 Å². The SMILES string of the molecule is Cc1ccc(S(=O)(=O)Nc2cccc(S(=O)(=O)N3CCCC3)c2)c(C)c1. The van der Waals surface area contributed by atoms with Crippen LogP contribution in [0.2, 0.25) is 0 Å². The molecule has 2 aromatic carbocycles. The Balaban J connectivity index is 1.91. The highest BCUT2D eigenvalue weighted by Crippen LogP contribution is 2.25. The summed E-state index contributed by atoms with van der Waals surface area (Å²) >= 11 is 0. The van der Waals surface area contributed by atoms with E-state index in [1.807, 2.05) is 6.92 Å². The number of hydrogen-bond acceptors (Lipinski definition) is 4. The first-order chi connectivity index (χ1) is 12.2. The van der Waals surface area contributed by atoms with Crippen LogP contribution in [0.15, 0.2) is 52.3 Å². The van der Waals surface area contributed by atoms with E-state index >= 15 is 0 Å². The first-order valence-corrected chi connectivity index (χ1v) is 11.3. The van der Waals surface area contributed by atoms with Crippen molar-refractivity contribution in [3.63, 3.8) is 0 Å². The maximum atomic E-state index is 12.7. The number of anilines is 1. The molecule has 0 aliphatic carbocycles. The van der Waals surface area contributed by atoms with Gasteiger partial charge in [0.05, 0.1) is 15.5 Å². The predicted octanol–water partition coefficient (Wildman–Crippen LogP) is 2.89. The molecule has 1 N–H and O–H groups in total. The standard InChI is InChI=1S/C18H22N2O4S2/c1-14-8-9-18(15(2)12-14)25(21,22)19-16-6-5-7-17(13-16)26(23,24)20-10-3-4-11-20/h5-9,12-13,19H,3-4,10-11H2,1-2H3. The van der Waals surface area contributed by atoms with Crippen LogP contribution in [0.3, 0.4) is 0 Å². The van der Waals surface area contributed by atoms with Crippen LogP contribution >= 0.6 is 0 Å². The molecule has 0 atom stereocenters. The molecule has 0 aromatic heterocycles. The molecule has 2 aromatic rings. The first kappa shape index (κ1) is 18.9. The maximum absolute atomic E-state index is 12.7. The zero-order chi connectivity index (χ0) is 18.9. The molecule has 0 radical (unpaired) electrons. The molecule has 1 saturated heterocycles. The van der Waals surface area contributed by atoms with Crippen LogP contribution in [-0.4, -0.2) is 34.2 Å². The van der Waals surface area contributed by atoms with E-state index in [9.17, 15) is 16.8 Å². The topological polar surface area (TPSA) is 83.5 Å². The number of rotatable bonds is 5. The fourth-order valence-corrected chi connectivity index (χ4v) is 5.95. The average molecular weight is 395 g/mol. The van der Waals surface area contributed by atoms with Crippen molar-refractivity contribution in [1.82, 2.24) is 4.31 Å². The minimum Gasteiger partial charge on any atom is -0.280 e. The van der Waals surface area contributed by atoms with E-state index in [0.717, 1.165) is 18.4 Å². The van der Waals surface area contributed by atoms with Gasteiger partial charge in [-0.05, 0) is 56.5 Å². The van der Waals surface area contributed by atoms with Crippen LogP contribution in [0.4, 0.5) is 5.69 Å². The molecule has 26 heavy (non-hydrogen) atoms. The van der Waals surface area contributed by atoms with Crippen molar-refractivity contribution in [2.75, 3.05) is 17.8 Å². The summed E-state index contributed by atoms with van der Waals surface area (Å²) in [7, 11) is -7.40. The van der Waals surface area contributed by atoms with Crippen LogP contribution in [0.5, 0.6) is 0 Å². The molecule has 1 fully saturated rings. The molecule has 0 spiro atoms. The molecule has 0 saturated carbocycles. The molecule has 0 bridgehead atoms. The number of benzene rings is 2. The summed E-state index contributed by atoms with van der Waals surface area (Å²) in [6.07, 6.45) is 1.69. The van der Waals surface area contributed by atoms with Crippen LogP contribution in [-0.2, 0) is 20.0 Å². The lowest BCUT2D eigenvalue weighted by molar-refractivity contribution is 0.477. The first-order valence-electron chi connectivity index (χ1n) is 8.40. The van der Waals surface area contributed by atoms with Crippen molar-refractivity contribution in [3.05, 3.63) is 53.6 Å². The monoisotopic (exact) mass is 394 g/mol. The van der Waals surface area contributed by atoms with Crippen molar-refractivity contribution in [2.45, 2.75) is 36.5 Å². The third kappa shape index (κ3) is 3.77. The molecule has 8 heteroatoms. The van der Waals surface area contributed by atoms with Gasteiger partial charge in [0.25, 0.3) is 10.0 Å². The number of aryl methyl sites for hydroxylation is 2. The summed E-state index contributed by atoms with van der Waals surface area (Å²) in [5, 5.41) is 0. The van der Waals surface area contributed by atoms with Crippen molar-refractivity contribution < 1.29 is 16.8 Å². The van der Waals surface area contributed by atoms with Gasteiger partial charge < -0.3 is 0 Å². The third-order valence-corrected chi connectivity index (χ3v) is 7.85. The Morgan fingerprint density at radius 3 is 2.27 bits per heavy atom. The molecule has 0 amide bonds. The Kier molecular flexibility index (Phi) is 5.09. The van der Waals surface area contributed by atoms with Crippen molar-refractivity contribution in [3.8, 4) is 0 Å². The average Bonchev–Trinajstić information content (AvgIpc) is 3.09. The Bertz CT molecular complexity index is 1020. The molecule has 0 unspecified atom stereocenters. The smallest absolute Gasteiger partial charge is 0.262 e. The molecule has 1 aliphatic heterocycles. The van der Waals surface area contributed by atoms with Crippen LogP contribution in [0.25, 0.3) is 0 Å². The Morgan fingerprint density at radius 1 is 0.923 bits per heavy atom. The summed E-state index contributed by atoms with van der Waals surface area (Å²) in [6.45, 7) is 4.63. The molecule has 140 valence electrons. The fraction of sp³-hybridized carbons (Fsp3) is 0.333. The van der Waals surface area contributed by atoms with Crippen molar-refractivity contribution in [2.24, 2.45) is 0 Å². The predicted molar refractivity (Wildman–Crippen MR) is 101 cm³/mol. The lowest BCUT2D eigenvalue weighted by atomic mass is 10.2. The summed E-state index contributed by atoms with van der Waals surface area (Å²) in [5.74, 6) is 0. The van der Waals surface area contributed by atoms with Crippen LogP contribution in [0, 0.1) is 13.8 Å². The summed E-state index contributed by atoms with van der Waals surface area (Å²) < 4.78 is 54.6. The maximum Gasteiger partial charge on any atom is 0.262 e. The number of sulfonamides is 2. The molecule has 3 rings (SSSR count). The summed E-state index contributed by atoms with van der Waals surface area (Å²) in [6, 6.07) is 11.0. The van der Waals surface area contributed by atoms with Gasteiger partial charge in [0.15, 0.2) is 0 Å². The largest absolute Gasteiger partial charge is 0.280 e. The number of nitrogens with zero attached hydrogens (tertiary/aromatic N) is 1. The van der Waals surface area contributed by atoms with E-state index in [-0.39, 0.29) is 15.5 Å². The number of nitrogens with one attached hydrogen (secondary N) is 1. The minimum atomic E-state index is -3.80. The summed E-state index contributed by atoms with van der Waals surface area (Å²) in [4.78, 5) is 0.274. The molecular weight excluding hydrogens is 372 g/mol. The van der Waals surface area contributed by atoms with Gasteiger partial charge in [-0.25, -0.2) is 16.8 Å². The van der Waals surface area contributed by atoms with Gasteiger partial charge in [0.1, 0.15) is 0 Å². The second kappa shape index (κ2) is 7.02. The van der Waals surface area contributed by atoms with Gasteiger partial charge in [0, 0.05) is 13.1 Å². The van der Waals surface area contributed by atoms with E-state index in [1.165, 1.54) is 16.4 Å². The molecule has 1 aliphatic rings. The summed E-state index contributed by atoms with van der Waals surface area (Å²) in [5.41, 5.74) is 1.84. The zero-order valence-electron chi connectivity index (χ0n) is 14.8. The Labute approximate surface area is 155 Å². The quantitative estimate of drug-likeness (QED) is 0.845. The van der Waals surface area contributed by atoms with Gasteiger partial charge in [-0.2, -0.15) is 4.31 Å². The zero-order valence-corrected chi connectivity index (χ0v) is 16.4. The van der Waals surface area contributed by atoms with E-state index < -0.39 is 20.0 Å². The highest BCUT2D eigenvalue weighted by molar-refractivity contribution is 7.92. The normalized spacial score (nSPS) is 15.9. The number of hydrogen-bond donors (Lipinski definition) is 1. The van der Waals surface area contributed by atoms with Gasteiger partial charge in [-0.15, -0.1) is 0 Å². The fourth-order valence-electron chi connectivity index (χ4n) is 3.11. The van der Waals surface area contributed by atoms with E-state index in [1.54, 1.807) is 37.3 Å². The van der Waals surface area contributed by atoms with Crippen molar-refractivity contribution >= 4 is 25.7 Å². The lowest BCUT2D eigenvalue weighted by Crippen LogP contribution is -2.28. The van der Waals surface area contributed by atoms with Crippen LogP contribution < -0.4 is 4.72 Å². The second-order valence-electron chi connectivity index (χ2n) is 6.51. The van der Waals surface area contributed by atoms with Gasteiger partial charge in [0.2, 0.25) is 10.0 Å². The Hall–Kier alpha value is -1.90. The van der Waals surface area contributed by atoms with Gasteiger partial charge in [-0.3, -0.25) is 4.72 Å². The molecular formula is C18H22N2O4S2. The third-order valence-electron chi connectivity index (χ3n) is 4.41. The highest BCUT2D eigenvalue weighted by atomic mass is 32.2. The minimum absolute atomic E-state index is 0.0974. The Morgan fingerprint density at radius 2 is 1.62 bits per heavy atom. The second-order valence-corrected chi connectivity index (χ2v) is 10.1. The van der Waals surface area contributed by atoms with E-state index in [0.29, 0.717) is 18.7 Å². The molecule has 6 nitrogen and oxygen atoms in total. The van der Waals surface area contributed by atoms with Gasteiger partial charge >= 0.3 is 0 Å².